The molecule has 0 unspecified atom stereocenters. The molecule has 0 aromatic heterocycles. The average molecular weight is 266 g/mol. The molecule has 0 atom stereocenters. The number of nitrogens with one attached hydrogen (secondary N) is 1. The lowest BCUT2D eigenvalue weighted by molar-refractivity contribution is -0.119. The molecule has 1 aromatic rings. The summed E-state index contributed by atoms with van der Waals surface area (Å²) in [5, 5.41) is 3.23. The van der Waals surface area contributed by atoms with Gasteiger partial charge >= 0.3 is 0 Å². The third-order valence-electron chi connectivity index (χ3n) is 2.65. The van der Waals surface area contributed by atoms with Crippen LogP contribution in [0, 0.1) is 0 Å². The molecule has 0 saturated carbocycles. The normalized spacial score (nSPS) is 11.1. The predicted molar refractivity (Wildman–Crippen MR) is 74.4 cm³/mol. The smallest absolute Gasteiger partial charge is 0.219 e. The van der Waals surface area contributed by atoms with Crippen LogP contribution in [0.25, 0.3) is 0 Å². The van der Waals surface area contributed by atoms with E-state index in [-0.39, 0.29) is 11.4 Å². The molecule has 0 aliphatic heterocycles. The minimum absolute atomic E-state index is 0.301. The Kier molecular flexibility index (Phi) is 5.63. The van der Waals surface area contributed by atoms with Crippen molar-refractivity contribution in [2.75, 3.05) is 20.3 Å². The van der Waals surface area contributed by atoms with Crippen LogP contribution in [0.3, 0.4) is 0 Å². The lowest BCUT2D eigenvalue weighted by atomic mass is 10.0. The second-order valence-electron chi connectivity index (χ2n) is 4.98. The van der Waals surface area contributed by atoms with Crippen LogP contribution in [-0.2, 0) is 4.79 Å². The van der Waals surface area contributed by atoms with Gasteiger partial charge in [-0.05, 0) is 38.1 Å². The van der Waals surface area contributed by atoms with Gasteiger partial charge in [0.25, 0.3) is 0 Å². The van der Waals surface area contributed by atoms with E-state index in [1.807, 2.05) is 38.1 Å². The molecule has 3 N–H and O–H groups in total. The van der Waals surface area contributed by atoms with Gasteiger partial charge in [0.1, 0.15) is 18.1 Å². The van der Waals surface area contributed by atoms with Gasteiger partial charge in [-0.1, -0.05) is 0 Å². The van der Waals surface area contributed by atoms with Gasteiger partial charge in [-0.15, -0.1) is 0 Å². The van der Waals surface area contributed by atoms with Gasteiger partial charge in [0, 0.05) is 18.5 Å². The molecule has 0 aliphatic carbocycles. The van der Waals surface area contributed by atoms with Crippen LogP contribution in [0.5, 0.6) is 11.5 Å². The van der Waals surface area contributed by atoms with Gasteiger partial charge in [-0.25, -0.2) is 0 Å². The zero-order valence-corrected chi connectivity index (χ0v) is 11.7. The van der Waals surface area contributed by atoms with Gasteiger partial charge < -0.3 is 20.5 Å². The van der Waals surface area contributed by atoms with Crippen LogP contribution >= 0.6 is 0 Å². The molecule has 5 nitrogen and oxygen atoms in total. The number of benzene rings is 1. The highest BCUT2D eigenvalue weighted by atomic mass is 16.5. The number of nitrogens with two attached hydrogens (primary N) is 1. The van der Waals surface area contributed by atoms with Crippen molar-refractivity contribution in [1.82, 2.24) is 5.32 Å². The first-order chi connectivity index (χ1) is 8.93. The summed E-state index contributed by atoms with van der Waals surface area (Å²) in [5.41, 5.74) is 4.87. The highest BCUT2D eigenvalue weighted by molar-refractivity contribution is 5.74. The Balaban J connectivity index is 2.28. The van der Waals surface area contributed by atoms with Gasteiger partial charge in [-0.2, -0.15) is 0 Å². The molecule has 1 amide bonds. The van der Waals surface area contributed by atoms with E-state index in [1.165, 1.54) is 0 Å². The number of amides is 1. The van der Waals surface area contributed by atoms with Crippen molar-refractivity contribution in [1.29, 1.82) is 0 Å². The number of ether oxygens (including phenoxy) is 2. The SMILES string of the molecule is COc1ccc(OCCNC(C)(C)CC(N)=O)cc1. The summed E-state index contributed by atoms with van der Waals surface area (Å²) < 4.78 is 10.6. The van der Waals surface area contributed by atoms with Crippen molar-refractivity contribution < 1.29 is 14.3 Å². The standard InChI is InChI=1S/C14H22N2O3/c1-14(2,10-13(15)17)16-8-9-19-12-6-4-11(18-3)5-7-12/h4-7,16H,8-10H2,1-3H3,(H2,15,17). The topological polar surface area (TPSA) is 73.6 Å². The fourth-order valence-corrected chi connectivity index (χ4v) is 1.73. The lowest BCUT2D eigenvalue weighted by Crippen LogP contribution is -2.44. The van der Waals surface area contributed by atoms with E-state index in [1.54, 1.807) is 7.11 Å². The van der Waals surface area contributed by atoms with Gasteiger partial charge in [0.2, 0.25) is 5.91 Å². The quantitative estimate of drug-likeness (QED) is 0.696. The molecule has 5 heteroatoms. The van der Waals surface area contributed by atoms with Crippen molar-refractivity contribution in [3.63, 3.8) is 0 Å². The molecule has 1 aromatic carbocycles. The van der Waals surface area contributed by atoms with Crippen LogP contribution < -0.4 is 20.5 Å². The number of rotatable bonds is 8. The highest BCUT2D eigenvalue weighted by Crippen LogP contribution is 2.16. The lowest BCUT2D eigenvalue weighted by Gasteiger charge is -2.24. The first-order valence-electron chi connectivity index (χ1n) is 6.23. The molecule has 106 valence electrons. The Morgan fingerprint density at radius 1 is 1.26 bits per heavy atom. The number of carbonyl (C=O) groups excluding carboxylic acids is 1. The second kappa shape index (κ2) is 6.99. The molecule has 0 bridgehead atoms. The van der Waals surface area contributed by atoms with Gasteiger partial charge in [-0.3, -0.25) is 4.79 Å². The number of hydrogen-bond donors (Lipinski definition) is 2. The van der Waals surface area contributed by atoms with Crippen LogP contribution in [0.1, 0.15) is 20.3 Å². The van der Waals surface area contributed by atoms with Crippen molar-refractivity contribution in [3.8, 4) is 11.5 Å². The fourth-order valence-electron chi connectivity index (χ4n) is 1.73. The molecule has 0 spiro atoms. The first kappa shape index (κ1) is 15.3. The van der Waals surface area contributed by atoms with Crippen molar-refractivity contribution in [3.05, 3.63) is 24.3 Å². The van der Waals surface area contributed by atoms with E-state index in [0.29, 0.717) is 19.6 Å². The maximum Gasteiger partial charge on any atom is 0.219 e. The highest BCUT2D eigenvalue weighted by Gasteiger charge is 2.19. The largest absolute Gasteiger partial charge is 0.497 e. The maximum absolute atomic E-state index is 10.9. The van der Waals surface area contributed by atoms with Gasteiger partial charge in [0.05, 0.1) is 7.11 Å². The molecule has 0 radical (unpaired) electrons. The Morgan fingerprint density at radius 2 is 1.84 bits per heavy atom. The Morgan fingerprint density at radius 3 is 2.37 bits per heavy atom. The van der Waals surface area contributed by atoms with Crippen LogP contribution in [0.4, 0.5) is 0 Å². The molecule has 0 aliphatic rings. The van der Waals surface area contributed by atoms with Crippen LogP contribution in [0.15, 0.2) is 24.3 Å². The Hall–Kier alpha value is -1.75. The summed E-state index contributed by atoms with van der Waals surface area (Å²) in [6.07, 6.45) is 0.301. The minimum Gasteiger partial charge on any atom is -0.497 e. The number of methoxy groups -OCH3 is 1. The Bertz CT molecular complexity index is 402. The molecule has 1 rings (SSSR count). The van der Waals surface area contributed by atoms with E-state index in [0.717, 1.165) is 11.5 Å². The third-order valence-corrected chi connectivity index (χ3v) is 2.65. The number of primary amides is 1. The molecule has 0 heterocycles. The summed E-state index contributed by atoms with van der Waals surface area (Å²) in [6, 6.07) is 7.40. The van der Waals surface area contributed by atoms with E-state index in [9.17, 15) is 4.79 Å². The second-order valence-corrected chi connectivity index (χ2v) is 4.98. The van der Waals surface area contributed by atoms with Crippen molar-refractivity contribution in [2.45, 2.75) is 25.8 Å². The van der Waals surface area contributed by atoms with Crippen molar-refractivity contribution >= 4 is 5.91 Å². The van der Waals surface area contributed by atoms with Crippen LogP contribution in [0.2, 0.25) is 0 Å². The minimum atomic E-state index is -0.312. The summed E-state index contributed by atoms with van der Waals surface area (Å²) in [6.45, 7) is 5.04. The van der Waals surface area contributed by atoms with Crippen molar-refractivity contribution in [2.24, 2.45) is 5.73 Å². The summed E-state index contributed by atoms with van der Waals surface area (Å²) in [4.78, 5) is 10.9. The number of carbonyl (C=O) groups is 1. The molecule has 0 fully saturated rings. The predicted octanol–water partition coefficient (Wildman–Crippen LogP) is 1.32. The van der Waals surface area contributed by atoms with Crippen LogP contribution in [-0.4, -0.2) is 31.7 Å². The zero-order valence-electron chi connectivity index (χ0n) is 11.7. The number of hydrogen-bond acceptors (Lipinski definition) is 4. The average Bonchev–Trinajstić information content (AvgIpc) is 2.34. The molecule has 0 saturated heterocycles. The molecular weight excluding hydrogens is 244 g/mol. The monoisotopic (exact) mass is 266 g/mol. The summed E-state index contributed by atoms with van der Waals surface area (Å²) in [7, 11) is 1.63. The summed E-state index contributed by atoms with van der Waals surface area (Å²) >= 11 is 0. The van der Waals surface area contributed by atoms with E-state index < -0.39 is 0 Å². The fraction of sp³-hybridized carbons (Fsp3) is 0.500. The van der Waals surface area contributed by atoms with Gasteiger partial charge in [0.15, 0.2) is 0 Å². The first-order valence-corrected chi connectivity index (χ1v) is 6.23. The zero-order chi connectivity index (χ0) is 14.3. The Labute approximate surface area is 114 Å². The third kappa shape index (κ3) is 6.10. The van der Waals surface area contributed by atoms with E-state index >= 15 is 0 Å². The molecular formula is C14H22N2O3. The summed E-state index contributed by atoms with van der Waals surface area (Å²) in [5.74, 6) is 1.27. The van der Waals surface area contributed by atoms with E-state index in [2.05, 4.69) is 5.32 Å². The maximum atomic E-state index is 10.9. The molecule has 19 heavy (non-hydrogen) atoms. The van der Waals surface area contributed by atoms with E-state index in [4.69, 9.17) is 15.2 Å².